The average molecular weight is 337 g/mol. The van der Waals surface area contributed by atoms with Crippen LogP contribution in [0.3, 0.4) is 0 Å². The number of piperidine rings is 1. The van der Waals surface area contributed by atoms with E-state index in [1.807, 2.05) is 6.07 Å². The van der Waals surface area contributed by atoms with Gasteiger partial charge in [-0.15, -0.1) is 12.4 Å². The van der Waals surface area contributed by atoms with Gasteiger partial charge in [0, 0.05) is 17.5 Å². The second kappa shape index (κ2) is 7.84. The van der Waals surface area contributed by atoms with Gasteiger partial charge in [0.25, 0.3) is 0 Å². The van der Waals surface area contributed by atoms with Crippen LogP contribution in [0.2, 0.25) is 0 Å². The number of benzene rings is 1. The van der Waals surface area contributed by atoms with Crippen LogP contribution in [0.15, 0.2) is 22.8 Å². The van der Waals surface area contributed by atoms with E-state index in [9.17, 15) is 4.79 Å². The Morgan fingerprint density at radius 2 is 2.13 bits per heavy atom. The fraction of sp³-hybridized carbons (Fsp3) is 0.500. The van der Waals surface area contributed by atoms with Crippen LogP contribution < -0.4 is 10.6 Å². The summed E-state index contributed by atoms with van der Waals surface area (Å²) in [7, 11) is 0. The number of fused-ring (bicyclic) bond motifs is 1. The Bertz CT molecular complexity index is 675. The fourth-order valence-electron chi connectivity index (χ4n) is 3.06. The van der Waals surface area contributed by atoms with Gasteiger partial charge >= 0.3 is 0 Å². The first-order valence-corrected chi connectivity index (χ1v) is 8.08. The van der Waals surface area contributed by atoms with Gasteiger partial charge in [0.05, 0.1) is 12.7 Å². The molecule has 0 bridgehead atoms. The average Bonchev–Trinajstić information content (AvgIpc) is 2.89. The van der Waals surface area contributed by atoms with Crippen molar-refractivity contribution in [1.29, 1.82) is 0 Å². The topological polar surface area (TPSA) is 54.3 Å². The fourth-order valence-corrected chi connectivity index (χ4v) is 3.06. The van der Waals surface area contributed by atoms with Crippen molar-refractivity contribution in [3.8, 4) is 0 Å². The maximum atomic E-state index is 12.2. The van der Waals surface area contributed by atoms with Crippen LogP contribution in [0.1, 0.15) is 29.5 Å². The first-order chi connectivity index (χ1) is 10.6. The highest BCUT2D eigenvalue weighted by atomic mass is 35.5. The molecular formula is C18H25ClN2O2. The van der Waals surface area contributed by atoms with Crippen LogP contribution in [-0.4, -0.2) is 25.5 Å². The Balaban J connectivity index is 0.00000192. The molecule has 1 atom stereocenters. The molecule has 1 aromatic carbocycles. The summed E-state index contributed by atoms with van der Waals surface area (Å²) in [6, 6.07) is 4.15. The molecule has 126 valence electrons. The zero-order chi connectivity index (χ0) is 15.5. The summed E-state index contributed by atoms with van der Waals surface area (Å²) in [5.74, 6) is 0.634. The number of furan rings is 1. The monoisotopic (exact) mass is 336 g/mol. The molecule has 3 rings (SSSR count). The third-order valence-electron chi connectivity index (χ3n) is 4.61. The van der Waals surface area contributed by atoms with Gasteiger partial charge in [-0.1, -0.05) is 0 Å². The number of nitrogens with one attached hydrogen (secondary N) is 2. The minimum Gasteiger partial charge on any atom is -0.464 e. The lowest BCUT2D eigenvalue weighted by Gasteiger charge is -2.22. The molecule has 2 heterocycles. The summed E-state index contributed by atoms with van der Waals surface area (Å²) >= 11 is 0. The Morgan fingerprint density at radius 3 is 2.87 bits per heavy atom. The van der Waals surface area contributed by atoms with Gasteiger partial charge in [-0.3, -0.25) is 4.79 Å². The second-order valence-electron chi connectivity index (χ2n) is 6.39. The second-order valence-corrected chi connectivity index (χ2v) is 6.39. The van der Waals surface area contributed by atoms with Crippen LogP contribution in [-0.2, 0) is 11.2 Å². The molecule has 1 saturated heterocycles. The van der Waals surface area contributed by atoms with E-state index in [2.05, 4.69) is 30.5 Å². The standard InChI is InChI=1S/C18H24N2O2.ClH/c1-12-6-16-15(11-22-17(16)7-13(12)2)8-18(21)20-10-14-4-3-5-19-9-14;/h6-7,11,14,19H,3-5,8-10H2,1-2H3,(H,20,21);1H. The highest BCUT2D eigenvalue weighted by Crippen LogP contribution is 2.25. The Kier molecular flexibility index (Phi) is 6.08. The van der Waals surface area contributed by atoms with Crippen molar-refractivity contribution in [2.45, 2.75) is 33.1 Å². The van der Waals surface area contributed by atoms with Crippen molar-refractivity contribution in [2.75, 3.05) is 19.6 Å². The number of carbonyl (C=O) groups excluding carboxylic acids is 1. The molecule has 2 aromatic rings. The molecular weight excluding hydrogens is 312 g/mol. The molecule has 1 aliphatic heterocycles. The highest BCUT2D eigenvalue weighted by Gasteiger charge is 2.15. The first kappa shape index (κ1) is 17.8. The lowest BCUT2D eigenvalue weighted by atomic mass is 9.99. The molecule has 2 N–H and O–H groups in total. The summed E-state index contributed by atoms with van der Waals surface area (Å²) < 4.78 is 5.59. The normalized spacial score (nSPS) is 17.7. The van der Waals surface area contributed by atoms with Gasteiger partial charge in [0.1, 0.15) is 5.58 Å². The van der Waals surface area contributed by atoms with Crippen LogP contribution in [0.5, 0.6) is 0 Å². The van der Waals surface area contributed by atoms with E-state index in [1.54, 1.807) is 6.26 Å². The van der Waals surface area contributed by atoms with E-state index < -0.39 is 0 Å². The Labute approximate surface area is 143 Å². The molecule has 5 heteroatoms. The lowest BCUT2D eigenvalue weighted by Crippen LogP contribution is -2.38. The lowest BCUT2D eigenvalue weighted by molar-refractivity contribution is -0.120. The highest BCUT2D eigenvalue weighted by molar-refractivity contribution is 5.88. The summed E-state index contributed by atoms with van der Waals surface area (Å²) in [5.41, 5.74) is 4.27. The smallest absolute Gasteiger partial charge is 0.224 e. The van der Waals surface area contributed by atoms with E-state index >= 15 is 0 Å². The van der Waals surface area contributed by atoms with Gasteiger partial charge in [-0.2, -0.15) is 0 Å². The van der Waals surface area contributed by atoms with Crippen molar-refractivity contribution in [3.63, 3.8) is 0 Å². The van der Waals surface area contributed by atoms with Gasteiger partial charge in [0.2, 0.25) is 5.91 Å². The van der Waals surface area contributed by atoms with Gasteiger partial charge in [-0.25, -0.2) is 0 Å². The molecule has 0 spiro atoms. The minimum atomic E-state index is 0. The van der Waals surface area contributed by atoms with Crippen molar-refractivity contribution < 1.29 is 9.21 Å². The zero-order valence-corrected chi connectivity index (χ0v) is 14.6. The number of hydrogen-bond acceptors (Lipinski definition) is 3. The molecule has 23 heavy (non-hydrogen) atoms. The van der Waals surface area contributed by atoms with Crippen molar-refractivity contribution in [2.24, 2.45) is 5.92 Å². The van der Waals surface area contributed by atoms with E-state index in [-0.39, 0.29) is 18.3 Å². The Hall–Kier alpha value is -1.52. The van der Waals surface area contributed by atoms with Crippen LogP contribution in [0.25, 0.3) is 11.0 Å². The number of halogens is 1. The third-order valence-corrected chi connectivity index (χ3v) is 4.61. The summed E-state index contributed by atoms with van der Waals surface area (Å²) in [6.07, 6.45) is 4.49. The molecule has 0 aliphatic carbocycles. The van der Waals surface area contributed by atoms with Gasteiger partial charge in [0.15, 0.2) is 0 Å². The zero-order valence-electron chi connectivity index (χ0n) is 13.8. The predicted molar refractivity (Wildman–Crippen MR) is 95.2 cm³/mol. The van der Waals surface area contributed by atoms with Crippen LogP contribution in [0.4, 0.5) is 0 Å². The third kappa shape index (κ3) is 4.27. The SMILES string of the molecule is Cc1cc2occ(CC(=O)NCC3CCCNC3)c2cc1C.Cl. The molecule has 1 unspecified atom stereocenters. The summed E-state index contributed by atoms with van der Waals surface area (Å²) in [5, 5.41) is 7.49. The van der Waals surface area contributed by atoms with Gasteiger partial charge in [-0.05, 0) is 69.0 Å². The van der Waals surface area contributed by atoms with Crippen LogP contribution in [0, 0.1) is 19.8 Å². The number of amides is 1. The maximum absolute atomic E-state index is 12.2. The molecule has 0 saturated carbocycles. The Morgan fingerprint density at radius 1 is 1.35 bits per heavy atom. The van der Waals surface area contributed by atoms with Crippen molar-refractivity contribution >= 4 is 29.3 Å². The summed E-state index contributed by atoms with van der Waals surface area (Å²) in [6.45, 7) is 7.03. The number of hydrogen-bond donors (Lipinski definition) is 2. The van der Waals surface area contributed by atoms with E-state index in [1.165, 1.54) is 24.0 Å². The van der Waals surface area contributed by atoms with Gasteiger partial charge < -0.3 is 15.1 Å². The molecule has 1 aromatic heterocycles. The largest absolute Gasteiger partial charge is 0.464 e. The molecule has 1 amide bonds. The molecule has 1 aliphatic rings. The molecule has 1 fully saturated rings. The number of carbonyl (C=O) groups is 1. The quantitative estimate of drug-likeness (QED) is 0.902. The summed E-state index contributed by atoms with van der Waals surface area (Å²) in [4.78, 5) is 12.2. The number of aryl methyl sites for hydroxylation is 2. The van der Waals surface area contributed by atoms with E-state index in [0.29, 0.717) is 12.3 Å². The maximum Gasteiger partial charge on any atom is 0.224 e. The van der Waals surface area contributed by atoms with E-state index in [4.69, 9.17) is 4.42 Å². The minimum absolute atomic E-state index is 0. The number of rotatable bonds is 4. The van der Waals surface area contributed by atoms with Crippen molar-refractivity contribution in [3.05, 3.63) is 35.1 Å². The van der Waals surface area contributed by atoms with E-state index in [0.717, 1.165) is 36.2 Å². The molecule has 4 nitrogen and oxygen atoms in total. The molecule has 0 radical (unpaired) electrons. The van der Waals surface area contributed by atoms with Crippen LogP contribution >= 0.6 is 12.4 Å². The predicted octanol–water partition coefficient (Wildman–Crippen LogP) is 3.13. The first-order valence-electron chi connectivity index (χ1n) is 8.08. The van der Waals surface area contributed by atoms with Crippen molar-refractivity contribution in [1.82, 2.24) is 10.6 Å².